The molecule has 2 aliphatic heterocycles. The fourth-order valence-electron chi connectivity index (χ4n) is 6.31. The van der Waals surface area contributed by atoms with Crippen LogP contribution in [0.25, 0.3) is 23.3 Å². The molecule has 2 heteroatoms. The summed E-state index contributed by atoms with van der Waals surface area (Å²) in [5.74, 6) is 2.77. The number of fused-ring (bicyclic) bond motifs is 3. The van der Waals surface area contributed by atoms with Crippen LogP contribution in [0.3, 0.4) is 0 Å². The van der Waals surface area contributed by atoms with Crippen LogP contribution in [0.4, 0.5) is 28.4 Å². The quantitative estimate of drug-likeness (QED) is 0.202. The average Bonchev–Trinajstić information content (AvgIpc) is 3.33. The third-order valence-corrected chi connectivity index (χ3v) is 8.38. The highest BCUT2D eigenvalue weighted by Gasteiger charge is 2.24. The first kappa shape index (κ1) is 26.4. The van der Waals surface area contributed by atoms with Gasteiger partial charge in [0.2, 0.25) is 0 Å². The molecular formula is C41H32N2. The fraction of sp³-hybridized carbons (Fsp3) is 0.0732. The van der Waals surface area contributed by atoms with Crippen LogP contribution < -0.4 is 9.80 Å². The van der Waals surface area contributed by atoms with Crippen molar-refractivity contribution in [2.24, 2.45) is 0 Å². The largest absolute Gasteiger partial charge is 0.310 e. The molecule has 206 valence electrons. The Hall–Kier alpha value is -5.52. The molecule has 0 aliphatic carbocycles. The average molecular weight is 553 g/mol. The van der Waals surface area contributed by atoms with E-state index in [1.807, 2.05) is 6.08 Å². The van der Waals surface area contributed by atoms with Crippen molar-refractivity contribution in [3.63, 3.8) is 0 Å². The molecule has 0 N–H and O–H groups in total. The van der Waals surface area contributed by atoms with Gasteiger partial charge in [0.15, 0.2) is 0 Å². The van der Waals surface area contributed by atoms with E-state index < -0.39 is 0 Å². The molecule has 2 aliphatic rings. The van der Waals surface area contributed by atoms with E-state index in [1.54, 1.807) is 0 Å². The Kier molecular flexibility index (Phi) is 6.99. The first-order valence-corrected chi connectivity index (χ1v) is 14.8. The normalized spacial score (nSPS) is 15.7. The van der Waals surface area contributed by atoms with Gasteiger partial charge in [-0.15, -0.1) is 6.42 Å². The third kappa shape index (κ3) is 4.86. The van der Waals surface area contributed by atoms with Crippen molar-refractivity contribution in [1.29, 1.82) is 0 Å². The van der Waals surface area contributed by atoms with E-state index in [0.717, 1.165) is 29.9 Å². The molecule has 2 nitrogen and oxygen atoms in total. The van der Waals surface area contributed by atoms with Crippen LogP contribution in [-0.2, 0) is 6.42 Å². The van der Waals surface area contributed by atoms with Crippen molar-refractivity contribution in [3.8, 4) is 23.5 Å². The minimum Gasteiger partial charge on any atom is -0.310 e. The van der Waals surface area contributed by atoms with E-state index in [9.17, 15) is 0 Å². The molecule has 5 aromatic rings. The van der Waals surface area contributed by atoms with Crippen LogP contribution in [0.2, 0.25) is 0 Å². The number of hydrogen-bond donors (Lipinski definition) is 0. The van der Waals surface area contributed by atoms with E-state index in [0.29, 0.717) is 0 Å². The Bertz CT molecular complexity index is 1880. The Labute approximate surface area is 254 Å². The predicted molar refractivity (Wildman–Crippen MR) is 183 cm³/mol. The number of para-hydroxylation sites is 3. The molecule has 0 atom stereocenters. The zero-order valence-electron chi connectivity index (χ0n) is 24.2. The maximum Gasteiger partial charge on any atom is 0.0534 e. The molecule has 43 heavy (non-hydrogen) atoms. The first-order valence-electron chi connectivity index (χ1n) is 14.8. The highest BCUT2D eigenvalue weighted by Crippen LogP contribution is 2.43. The molecule has 0 amide bonds. The van der Waals surface area contributed by atoms with Crippen LogP contribution in [0, 0.1) is 12.3 Å². The monoisotopic (exact) mass is 552 g/mol. The van der Waals surface area contributed by atoms with Crippen molar-refractivity contribution in [1.82, 2.24) is 0 Å². The number of hydrogen-bond acceptors (Lipinski definition) is 2. The lowest BCUT2D eigenvalue weighted by Gasteiger charge is -2.28. The lowest BCUT2D eigenvalue weighted by Crippen LogP contribution is -2.17. The van der Waals surface area contributed by atoms with E-state index in [-0.39, 0.29) is 0 Å². The number of allylic oxidation sites excluding steroid dienone is 3. The minimum atomic E-state index is 0.920. The van der Waals surface area contributed by atoms with E-state index in [4.69, 9.17) is 6.42 Å². The maximum absolute atomic E-state index is 5.74. The smallest absolute Gasteiger partial charge is 0.0534 e. The lowest BCUT2D eigenvalue weighted by atomic mass is 10.0. The van der Waals surface area contributed by atoms with Gasteiger partial charge in [0, 0.05) is 22.8 Å². The Balaban J connectivity index is 1.24. The van der Waals surface area contributed by atoms with Crippen LogP contribution >= 0.6 is 0 Å². The van der Waals surface area contributed by atoms with E-state index in [1.165, 1.54) is 50.5 Å². The van der Waals surface area contributed by atoms with Crippen LogP contribution in [-0.4, -0.2) is 0 Å². The second-order valence-electron chi connectivity index (χ2n) is 10.9. The summed E-state index contributed by atoms with van der Waals surface area (Å²) in [6.07, 6.45) is 16.1. The molecular weight excluding hydrogens is 520 g/mol. The number of rotatable bonds is 3. The van der Waals surface area contributed by atoms with Gasteiger partial charge in [0.25, 0.3) is 0 Å². The number of nitrogens with zero attached hydrogens (tertiary/aromatic N) is 2. The molecule has 0 radical (unpaired) electrons. The van der Waals surface area contributed by atoms with Gasteiger partial charge in [-0.1, -0.05) is 103 Å². The number of aryl methyl sites for hydroxylation is 1. The number of terminal acetylenes is 1. The van der Waals surface area contributed by atoms with Gasteiger partial charge in [0.05, 0.1) is 11.4 Å². The number of anilines is 5. The molecule has 0 spiro atoms. The van der Waals surface area contributed by atoms with Crippen molar-refractivity contribution in [2.45, 2.75) is 19.8 Å². The minimum absolute atomic E-state index is 0.920. The Morgan fingerprint density at radius 1 is 0.581 bits per heavy atom. The zero-order chi connectivity index (χ0) is 29.2. The van der Waals surface area contributed by atoms with Crippen LogP contribution in [0.5, 0.6) is 0 Å². The summed E-state index contributed by atoms with van der Waals surface area (Å²) in [5, 5.41) is 0. The standard InChI is InChI=1S/C41H32N2/c1-3-11-32-18-19-33-12-5-8-15-39(33)42(38(32)4-2)36-26-22-30(23-27-36)31-24-28-37(29-25-31)43-40-16-9-6-13-34(40)20-21-35-14-7-10-17-41(35)43/h1,4-17,20-29H,18-19H2,2H3/b32-11-,38-4+. The van der Waals surface area contributed by atoms with Crippen molar-refractivity contribution < 1.29 is 0 Å². The lowest BCUT2D eigenvalue weighted by molar-refractivity contribution is 0.969. The molecule has 0 saturated carbocycles. The maximum atomic E-state index is 5.74. The molecule has 0 aromatic heterocycles. The predicted octanol–water partition coefficient (Wildman–Crippen LogP) is 10.9. The van der Waals surface area contributed by atoms with Gasteiger partial charge < -0.3 is 9.80 Å². The molecule has 0 saturated heterocycles. The molecule has 5 aromatic carbocycles. The van der Waals surface area contributed by atoms with Gasteiger partial charge in [0.1, 0.15) is 0 Å². The summed E-state index contributed by atoms with van der Waals surface area (Å²) in [7, 11) is 0. The van der Waals surface area contributed by atoms with Crippen molar-refractivity contribution >= 4 is 40.6 Å². The molecule has 7 rings (SSSR count). The fourth-order valence-corrected chi connectivity index (χ4v) is 6.31. The Morgan fingerprint density at radius 2 is 1.09 bits per heavy atom. The van der Waals surface area contributed by atoms with Crippen molar-refractivity contribution in [2.75, 3.05) is 9.80 Å². The van der Waals surface area contributed by atoms with Crippen molar-refractivity contribution in [3.05, 3.63) is 161 Å². The summed E-state index contributed by atoms with van der Waals surface area (Å²) in [5.41, 5.74) is 14.2. The Morgan fingerprint density at radius 3 is 1.65 bits per heavy atom. The molecule has 0 unspecified atom stereocenters. The number of benzene rings is 5. The van der Waals surface area contributed by atoms with Gasteiger partial charge in [-0.25, -0.2) is 0 Å². The highest BCUT2D eigenvalue weighted by molar-refractivity contribution is 5.93. The SMILES string of the molecule is C#C/C=C1/CCc2ccccc2N(c2ccc(-c3ccc(N4c5ccccc5C=Cc5ccccc54)cc3)cc2)/C1=C/C. The third-order valence-electron chi connectivity index (χ3n) is 8.38. The van der Waals surface area contributed by atoms with E-state index >= 15 is 0 Å². The van der Waals surface area contributed by atoms with Crippen LogP contribution in [0.1, 0.15) is 30.0 Å². The van der Waals surface area contributed by atoms with Gasteiger partial charge in [-0.2, -0.15) is 0 Å². The highest BCUT2D eigenvalue weighted by atomic mass is 15.2. The second kappa shape index (κ2) is 11.4. The van der Waals surface area contributed by atoms with Gasteiger partial charge in [-0.3, -0.25) is 0 Å². The zero-order valence-corrected chi connectivity index (χ0v) is 24.2. The molecule has 0 fully saturated rings. The topological polar surface area (TPSA) is 6.48 Å². The molecule has 0 bridgehead atoms. The summed E-state index contributed by atoms with van der Waals surface area (Å²) < 4.78 is 0. The summed E-state index contributed by atoms with van der Waals surface area (Å²) in [6.45, 7) is 2.09. The summed E-state index contributed by atoms with van der Waals surface area (Å²) in [6, 6.07) is 43.6. The van der Waals surface area contributed by atoms with Crippen LogP contribution in [0.15, 0.2) is 145 Å². The van der Waals surface area contributed by atoms with E-state index in [2.05, 4.69) is 162 Å². The van der Waals surface area contributed by atoms with Gasteiger partial charge in [-0.05, 0) is 102 Å². The summed E-state index contributed by atoms with van der Waals surface area (Å²) >= 11 is 0. The van der Waals surface area contributed by atoms with Gasteiger partial charge >= 0.3 is 0 Å². The summed E-state index contributed by atoms with van der Waals surface area (Å²) in [4.78, 5) is 4.70. The first-order chi connectivity index (χ1) is 21.2. The molecule has 2 heterocycles. The second-order valence-corrected chi connectivity index (χ2v) is 10.9.